The van der Waals surface area contributed by atoms with Crippen molar-refractivity contribution in [3.63, 3.8) is 0 Å². The van der Waals surface area contributed by atoms with Crippen LogP contribution in [0.1, 0.15) is 12.5 Å². The van der Waals surface area contributed by atoms with Gasteiger partial charge in [0.05, 0.1) is 4.47 Å². The molecule has 1 saturated heterocycles. The molecular formula is C15H20BrF3N2O. The lowest BCUT2D eigenvalue weighted by Gasteiger charge is -2.34. The van der Waals surface area contributed by atoms with Crippen LogP contribution in [0.3, 0.4) is 0 Å². The minimum absolute atomic E-state index is 0.290. The summed E-state index contributed by atoms with van der Waals surface area (Å²) in [5, 5.41) is 0. The van der Waals surface area contributed by atoms with E-state index in [2.05, 4.69) is 32.7 Å². The second kappa shape index (κ2) is 7.66. The molecule has 7 heteroatoms. The summed E-state index contributed by atoms with van der Waals surface area (Å²) < 4.78 is 42.7. The molecule has 0 atom stereocenters. The average Bonchev–Trinajstić information content (AvgIpc) is 2.46. The van der Waals surface area contributed by atoms with Gasteiger partial charge < -0.3 is 9.64 Å². The molecule has 0 aliphatic carbocycles. The number of piperazine rings is 1. The number of likely N-dealkylation sites (N-methyl/N-ethyl adjacent to an activating group) is 1. The number of hydrogen-bond donors (Lipinski definition) is 0. The maximum absolute atomic E-state index is 12.4. The van der Waals surface area contributed by atoms with E-state index < -0.39 is 12.8 Å². The maximum Gasteiger partial charge on any atom is 0.422 e. The molecule has 0 unspecified atom stereocenters. The fourth-order valence-corrected chi connectivity index (χ4v) is 3.02. The highest BCUT2D eigenvalue weighted by molar-refractivity contribution is 9.10. The van der Waals surface area contributed by atoms with Gasteiger partial charge in [0, 0.05) is 38.3 Å². The summed E-state index contributed by atoms with van der Waals surface area (Å²) in [6.07, 6.45) is -4.33. The van der Waals surface area contributed by atoms with Gasteiger partial charge in [-0.3, -0.25) is 4.90 Å². The van der Waals surface area contributed by atoms with E-state index in [1.807, 2.05) is 12.1 Å². The van der Waals surface area contributed by atoms with Gasteiger partial charge >= 0.3 is 6.18 Å². The number of rotatable bonds is 5. The third-order valence-electron chi connectivity index (χ3n) is 3.73. The summed E-state index contributed by atoms with van der Waals surface area (Å²) in [4.78, 5) is 4.60. The minimum atomic E-state index is -4.33. The molecule has 1 aliphatic rings. The quantitative estimate of drug-likeness (QED) is 0.776. The van der Waals surface area contributed by atoms with Crippen LogP contribution < -0.4 is 4.74 Å². The summed E-state index contributed by atoms with van der Waals surface area (Å²) in [6, 6.07) is 5.34. The van der Waals surface area contributed by atoms with Crippen LogP contribution in [0, 0.1) is 0 Å². The number of alkyl halides is 3. The summed E-state index contributed by atoms with van der Waals surface area (Å²) in [7, 11) is 0. The second-order valence-electron chi connectivity index (χ2n) is 5.34. The lowest BCUT2D eigenvalue weighted by atomic mass is 10.1. The van der Waals surface area contributed by atoms with E-state index in [9.17, 15) is 13.2 Å². The van der Waals surface area contributed by atoms with Crippen molar-refractivity contribution in [2.24, 2.45) is 0 Å². The third-order valence-corrected chi connectivity index (χ3v) is 4.36. The van der Waals surface area contributed by atoms with E-state index >= 15 is 0 Å². The number of halogens is 4. The van der Waals surface area contributed by atoms with Crippen molar-refractivity contribution in [3.05, 3.63) is 28.2 Å². The van der Waals surface area contributed by atoms with Crippen molar-refractivity contribution in [2.75, 3.05) is 39.3 Å². The van der Waals surface area contributed by atoms with E-state index in [0.29, 0.717) is 11.0 Å². The Morgan fingerprint density at radius 1 is 1.14 bits per heavy atom. The Balaban J connectivity index is 2.03. The van der Waals surface area contributed by atoms with Crippen LogP contribution in [-0.2, 0) is 6.54 Å². The van der Waals surface area contributed by atoms with E-state index in [1.54, 1.807) is 6.07 Å². The number of para-hydroxylation sites is 1. The Kier molecular flexibility index (Phi) is 6.11. The summed E-state index contributed by atoms with van der Waals surface area (Å²) in [5.41, 5.74) is 0.781. The van der Waals surface area contributed by atoms with Gasteiger partial charge in [-0.25, -0.2) is 0 Å². The Labute approximate surface area is 137 Å². The first-order valence-corrected chi connectivity index (χ1v) is 8.10. The molecule has 0 amide bonds. The molecular weight excluding hydrogens is 361 g/mol. The number of nitrogens with zero attached hydrogens (tertiary/aromatic N) is 2. The molecule has 3 nitrogen and oxygen atoms in total. The first-order chi connectivity index (χ1) is 10.4. The molecule has 2 rings (SSSR count). The Hall–Kier alpha value is -0.790. The van der Waals surface area contributed by atoms with Gasteiger partial charge in [-0.05, 0) is 28.5 Å². The highest BCUT2D eigenvalue weighted by Crippen LogP contribution is 2.31. The Morgan fingerprint density at radius 2 is 1.77 bits per heavy atom. The van der Waals surface area contributed by atoms with Gasteiger partial charge in [-0.1, -0.05) is 19.1 Å². The zero-order valence-corrected chi connectivity index (χ0v) is 14.1. The summed E-state index contributed by atoms with van der Waals surface area (Å²) in [6.45, 7) is 6.30. The summed E-state index contributed by atoms with van der Waals surface area (Å²) in [5.74, 6) is 0.290. The largest absolute Gasteiger partial charge is 0.483 e. The van der Waals surface area contributed by atoms with Gasteiger partial charge in [0.1, 0.15) is 5.75 Å². The van der Waals surface area contributed by atoms with Crippen molar-refractivity contribution >= 4 is 15.9 Å². The third kappa shape index (κ3) is 5.14. The monoisotopic (exact) mass is 380 g/mol. The van der Waals surface area contributed by atoms with E-state index in [-0.39, 0.29) is 5.75 Å². The van der Waals surface area contributed by atoms with Gasteiger partial charge in [-0.15, -0.1) is 0 Å². The zero-order chi connectivity index (χ0) is 16.2. The number of ether oxygens (including phenoxy) is 1. The smallest absolute Gasteiger partial charge is 0.422 e. The molecule has 1 heterocycles. The highest BCUT2D eigenvalue weighted by Gasteiger charge is 2.29. The van der Waals surface area contributed by atoms with Gasteiger partial charge in [0.15, 0.2) is 6.61 Å². The van der Waals surface area contributed by atoms with Gasteiger partial charge in [-0.2, -0.15) is 13.2 Å². The van der Waals surface area contributed by atoms with Crippen molar-refractivity contribution in [1.29, 1.82) is 0 Å². The van der Waals surface area contributed by atoms with E-state index in [1.165, 1.54) is 0 Å². The molecule has 0 aromatic heterocycles. The molecule has 0 N–H and O–H groups in total. The van der Waals surface area contributed by atoms with E-state index in [0.717, 1.165) is 38.3 Å². The van der Waals surface area contributed by atoms with Crippen LogP contribution >= 0.6 is 15.9 Å². The number of benzene rings is 1. The normalized spacial score (nSPS) is 17.7. The standard InChI is InChI=1S/C15H20BrF3N2O/c1-2-20-6-8-21(9-7-20)10-12-4-3-5-13(16)14(12)22-11-15(17,18)19/h3-5H,2,6-11H2,1H3. The topological polar surface area (TPSA) is 15.7 Å². The molecule has 1 aromatic carbocycles. The Morgan fingerprint density at radius 3 is 2.36 bits per heavy atom. The Bertz CT molecular complexity index is 488. The molecule has 0 saturated carbocycles. The molecule has 1 aliphatic heterocycles. The van der Waals surface area contributed by atoms with Gasteiger partial charge in [0.25, 0.3) is 0 Å². The fourth-order valence-electron chi connectivity index (χ4n) is 2.50. The average molecular weight is 381 g/mol. The maximum atomic E-state index is 12.4. The first kappa shape index (κ1) is 17.6. The SMILES string of the molecule is CCN1CCN(Cc2cccc(Br)c2OCC(F)(F)F)CC1. The van der Waals surface area contributed by atoms with Crippen LogP contribution in [0.25, 0.3) is 0 Å². The van der Waals surface area contributed by atoms with Crippen molar-refractivity contribution in [1.82, 2.24) is 9.80 Å². The van der Waals surface area contributed by atoms with E-state index in [4.69, 9.17) is 4.74 Å². The second-order valence-corrected chi connectivity index (χ2v) is 6.20. The molecule has 1 fully saturated rings. The minimum Gasteiger partial charge on any atom is -0.483 e. The molecule has 1 aromatic rings. The van der Waals surface area contributed by atoms with Crippen molar-refractivity contribution in [3.8, 4) is 5.75 Å². The zero-order valence-electron chi connectivity index (χ0n) is 12.5. The lowest BCUT2D eigenvalue weighted by Crippen LogP contribution is -2.45. The van der Waals surface area contributed by atoms with Crippen LogP contribution in [0.15, 0.2) is 22.7 Å². The first-order valence-electron chi connectivity index (χ1n) is 7.30. The van der Waals surface area contributed by atoms with Gasteiger partial charge in [0.2, 0.25) is 0 Å². The van der Waals surface area contributed by atoms with Crippen LogP contribution in [0.5, 0.6) is 5.75 Å². The van der Waals surface area contributed by atoms with Crippen molar-refractivity contribution < 1.29 is 17.9 Å². The molecule has 22 heavy (non-hydrogen) atoms. The number of hydrogen-bond acceptors (Lipinski definition) is 3. The predicted molar refractivity (Wildman–Crippen MR) is 83.1 cm³/mol. The van der Waals surface area contributed by atoms with Crippen molar-refractivity contribution in [2.45, 2.75) is 19.6 Å². The highest BCUT2D eigenvalue weighted by atomic mass is 79.9. The van der Waals surface area contributed by atoms with Crippen LogP contribution in [-0.4, -0.2) is 55.3 Å². The van der Waals surface area contributed by atoms with Crippen LogP contribution in [0.2, 0.25) is 0 Å². The predicted octanol–water partition coefficient (Wildman–Crippen LogP) is 3.53. The lowest BCUT2D eigenvalue weighted by molar-refractivity contribution is -0.153. The molecule has 0 bridgehead atoms. The molecule has 124 valence electrons. The molecule has 0 radical (unpaired) electrons. The van der Waals surface area contributed by atoms with Crippen LogP contribution in [0.4, 0.5) is 13.2 Å². The fraction of sp³-hybridized carbons (Fsp3) is 0.600. The summed E-state index contributed by atoms with van der Waals surface area (Å²) >= 11 is 3.28. The molecule has 0 spiro atoms.